The molecule has 2 nitrogen and oxygen atoms in total. The van der Waals surface area contributed by atoms with E-state index >= 15 is 0 Å². The second kappa shape index (κ2) is 5.77. The van der Waals surface area contributed by atoms with E-state index in [1.807, 2.05) is 24.3 Å². The molecule has 2 aromatic carbocycles. The Morgan fingerprint density at radius 1 is 1.13 bits per heavy atom. The fourth-order valence-corrected chi connectivity index (χ4v) is 4.35. The van der Waals surface area contributed by atoms with E-state index in [2.05, 4.69) is 29.6 Å². The molecular weight excluding hydrogens is 329 g/mol. The fraction of sp³-hybridized carbons (Fsp3) is 0.263. The number of hydrogen-bond donors (Lipinski definition) is 1. The lowest BCUT2D eigenvalue weighted by Gasteiger charge is -2.38. The van der Waals surface area contributed by atoms with Gasteiger partial charge in [0, 0.05) is 16.0 Å². The average molecular weight is 346 g/mol. The van der Waals surface area contributed by atoms with Crippen LogP contribution in [0.1, 0.15) is 29.5 Å². The Morgan fingerprint density at radius 3 is 2.78 bits per heavy atom. The zero-order chi connectivity index (χ0) is 16.0. The largest absolute Gasteiger partial charge is 0.495 e. The highest BCUT2D eigenvalue weighted by molar-refractivity contribution is 6.35. The molecule has 0 radical (unpaired) electrons. The third-order valence-corrected chi connectivity index (χ3v) is 5.44. The van der Waals surface area contributed by atoms with Crippen molar-refractivity contribution in [2.24, 2.45) is 5.92 Å². The number of halogens is 2. The van der Waals surface area contributed by atoms with E-state index in [4.69, 9.17) is 27.9 Å². The molecule has 4 rings (SSSR count). The molecule has 1 aliphatic carbocycles. The Hall–Kier alpha value is -1.64. The smallest absolute Gasteiger partial charge is 0.142 e. The summed E-state index contributed by atoms with van der Waals surface area (Å²) in [5, 5.41) is 5.04. The van der Waals surface area contributed by atoms with Crippen molar-refractivity contribution in [3.8, 4) is 5.75 Å². The molecule has 23 heavy (non-hydrogen) atoms. The molecule has 0 fully saturated rings. The molecule has 4 heteroatoms. The third-order valence-electron chi connectivity index (χ3n) is 4.88. The molecule has 2 aromatic rings. The Morgan fingerprint density at radius 2 is 2.00 bits per heavy atom. The highest BCUT2D eigenvalue weighted by Crippen LogP contribution is 2.52. The van der Waals surface area contributed by atoms with Crippen LogP contribution in [0.5, 0.6) is 5.75 Å². The van der Waals surface area contributed by atoms with Gasteiger partial charge in [0.1, 0.15) is 5.75 Å². The standard InChI is InChI=1S/C19H17Cl2NO/c1-23-17-7-3-6-14-12-4-2-5-13(12)18(22-19(14)17)15-9-8-11(20)10-16(15)21/h2-4,6-10,12-13,18,22H,5H2,1H3. The predicted octanol–water partition coefficient (Wildman–Crippen LogP) is 5.83. The first-order valence-electron chi connectivity index (χ1n) is 7.74. The first kappa shape index (κ1) is 14.9. The van der Waals surface area contributed by atoms with E-state index in [-0.39, 0.29) is 6.04 Å². The minimum Gasteiger partial charge on any atom is -0.495 e. The minimum atomic E-state index is 0.142. The second-order valence-corrected chi connectivity index (χ2v) is 6.91. The lowest BCUT2D eigenvalue weighted by atomic mass is 9.77. The second-order valence-electron chi connectivity index (χ2n) is 6.07. The molecule has 1 aliphatic heterocycles. The van der Waals surface area contributed by atoms with Gasteiger partial charge in [0.15, 0.2) is 0 Å². The van der Waals surface area contributed by atoms with Crippen LogP contribution in [0.2, 0.25) is 10.0 Å². The number of allylic oxidation sites excluding steroid dienone is 2. The van der Waals surface area contributed by atoms with Crippen LogP contribution in [0.15, 0.2) is 48.6 Å². The number of anilines is 1. The van der Waals surface area contributed by atoms with Gasteiger partial charge in [-0.25, -0.2) is 0 Å². The summed E-state index contributed by atoms with van der Waals surface area (Å²) in [5.74, 6) is 1.71. The number of methoxy groups -OCH3 is 1. The maximum absolute atomic E-state index is 6.48. The zero-order valence-electron chi connectivity index (χ0n) is 12.7. The zero-order valence-corrected chi connectivity index (χ0v) is 14.2. The summed E-state index contributed by atoms with van der Waals surface area (Å²) in [5.41, 5.74) is 3.45. The van der Waals surface area contributed by atoms with Crippen molar-refractivity contribution < 1.29 is 4.74 Å². The quantitative estimate of drug-likeness (QED) is 0.691. The molecule has 1 N–H and O–H groups in total. The van der Waals surface area contributed by atoms with E-state index in [0.717, 1.165) is 23.4 Å². The Bertz CT molecular complexity index is 787. The van der Waals surface area contributed by atoms with Crippen LogP contribution < -0.4 is 10.1 Å². The van der Waals surface area contributed by atoms with Crippen LogP contribution in [-0.4, -0.2) is 7.11 Å². The van der Waals surface area contributed by atoms with Crippen LogP contribution in [0.3, 0.4) is 0 Å². The van der Waals surface area contributed by atoms with Crippen molar-refractivity contribution in [2.75, 3.05) is 12.4 Å². The van der Waals surface area contributed by atoms with Crippen molar-refractivity contribution >= 4 is 28.9 Å². The van der Waals surface area contributed by atoms with E-state index in [1.54, 1.807) is 7.11 Å². The van der Waals surface area contributed by atoms with Crippen molar-refractivity contribution in [3.63, 3.8) is 0 Å². The summed E-state index contributed by atoms with van der Waals surface area (Å²) >= 11 is 12.5. The van der Waals surface area contributed by atoms with Crippen molar-refractivity contribution in [1.29, 1.82) is 0 Å². The summed E-state index contributed by atoms with van der Waals surface area (Å²) in [4.78, 5) is 0. The normalized spacial score (nSPS) is 24.7. The van der Waals surface area contributed by atoms with Gasteiger partial charge in [-0.1, -0.05) is 53.6 Å². The van der Waals surface area contributed by atoms with Crippen molar-refractivity contribution in [1.82, 2.24) is 0 Å². The van der Waals surface area contributed by atoms with Crippen molar-refractivity contribution in [2.45, 2.75) is 18.4 Å². The molecule has 0 saturated heterocycles. The molecule has 0 saturated carbocycles. The van der Waals surface area contributed by atoms with Gasteiger partial charge >= 0.3 is 0 Å². The molecule has 0 spiro atoms. The summed E-state index contributed by atoms with van der Waals surface area (Å²) in [6.45, 7) is 0. The molecule has 0 aromatic heterocycles. The first-order valence-corrected chi connectivity index (χ1v) is 8.49. The number of benzene rings is 2. The predicted molar refractivity (Wildman–Crippen MR) is 95.8 cm³/mol. The van der Waals surface area contributed by atoms with Crippen LogP contribution in [-0.2, 0) is 0 Å². The topological polar surface area (TPSA) is 21.3 Å². The number of nitrogens with one attached hydrogen (secondary N) is 1. The maximum atomic E-state index is 6.48. The Labute approximate surface area is 146 Å². The number of para-hydroxylation sites is 1. The summed E-state index contributed by atoms with van der Waals surface area (Å²) in [7, 11) is 1.71. The molecule has 0 bridgehead atoms. The highest BCUT2D eigenvalue weighted by Gasteiger charge is 2.39. The Balaban J connectivity index is 1.83. The van der Waals surface area contributed by atoms with E-state index in [0.29, 0.717) is 21.9 Å². The molecule has 3 unspecified atom stereocenters. The lowest BCUT2D eigenvalue weighted by Crippen LogP contribution is -2.29. The van der Waals surface area contributed by atoms with Gasteiger partial charge < -0.3 is 10.1 Å². The fourth-order valence-electron chi connectivity index (χ4n) is 3.82. The highest BCUT2D eigenvalue weighted by atomic mass is 35.5. The van der Waals surface area contributed by atoms with Gasteiger partial charge in [-0.15, -0.1) is 0 Å². The molecule has 0 amide bonds. The maximum Gasteiger partial charge on any atom is 0.142 e. The SMILES string of the molecule is COc1cccc2c1NC(c1ccc(Cl)cc1Cl)C1CC=CC21. The third kappa shape index (κ3) is 2.41. The monoisotopic (exact) mass is 345 g/mol. The number of fused-ring (bicyclic) bond motifs is 3. The van der Waals surface area contributed by atoms with Gasteiger partial charge in [-0.2, -0.15) is 0 Å². The van der Waals surface area contributed by atoms with Crippen molar-refractivity contribution in [3.05, 3.63) is 69.7 Å². The number of rotatable bonds is 2. The minimum absolute atomic E-state index is 0.142. The van der Waals surface area contributed by atoms with Crippen LogP contribution >= 0.6 is 23.2 Å². The molecule has 3 atom stereocenters. The summed E-state index contributed by atoms with van der Waals surface area (Å²) in [6, 6.07) is 12.1. The van der Waals surface area contributed by atoms with Gasteiger partial charge in [0.25, 0.3) is 0 Å². The Kier molecular flexibility index (Phi) is 3.74. The van der Waals surface area contributed by atoms with E-state index in [9.17, 15) is 0 Å². The molecule has 118 valence electrons. The summed E-state index contributed by atoms with van der Waals surface area (Å²) in [6.07, 6.45) is 5.61. The van der Waals surface area contributed by atoms with Crippen LogP contribution in [0, 0.1) is 5.92 Å². The van der Waals surface area contributed by atoms with Gasteiger partial charge in [-0.3, -0.25) is 0 Å². The lowest BCUT2D eigenvalue weighted by molar-refractivity contribution is 0.397. The molecule has 2 aliphatic rings. The van der Waals surface area contributed by atoms with Gasteiger partial charge in [0.2, 0.25) is 0 Å². The van der Waals surface area contributed by atoms with E-state index in [1.165, 1.54) is 5.56 Å². The first-order chi connectivity index (χ1) is 11.2. The number of ether oxygens (including phenoxy) is 1. The summed E-state index contributed by atoms with van der Waals surface area (Å²) < 4.78 is 5.55. The molecule has 1 heterocycles. The number of hydrogen-bond acceptors (Lipinski definition) is 2. The van der Waals surface area contributed by atoms with E-state index < -0.39 is 0 Å². The van der Waals surface area contributed by atoms with Gasteiger partial charge in [0.05, 0.1) is 18.8 Å². The average Bonchev–Trinajstić information content (AvgIpc) is 3.04. The van der Waals surface area contributed by atoms with Crippen LogP contribution in [0.25, 0.3) is 0 Å². The molecular formula is C19H17Cl2NO. The van der Waals surface area contributed by atoms with Gasteiger partial charge in [-0.05, 0) is 41.7 Å². The van der Waals surface area contributed by atoms with Crippen LogP contribution in [0.4, 0.5) is 5.69 Å².